The van der Waals surface area contributed by atoms with Crippen molar-refractivity contribution in [3.05, 3.63) is 114 Å². The molecular weight excluding hydrogens is 516 g/mol. The topological polar surface area (TPSA) is 87.8 Å². The van der Waals surface area contributed by atoms with E-state index in [1.165, 1.54) is 0 Å². The lowest BCUT2D eigenvalue weighted by Gasteiger charge is -2.13. The van der Waals surface area contributed by atoms with Gasteiger partial charge in [0.05, 0.1) is 27.6 Å². The number of fused-ring (bicyclic) bond motifs is 1. The molecule has 0 aliphatic rings. The number of hydrogen-bond acceptors (Lipinski definition) is 5. The Morgan fingerprint density at radius 1 is 0.950 bits per heavy atom. The number of benzene rings is 4. The predicted molar refractivity (Wildman–Crippen MR) is 161 cm³/mol. The summed E-state index contributed by atoms with van der Waals surface area (Å²) in [5.74, 6) is 0.831. The lowest BCUT2D eigenvalue weighted by molar-refractivity contribution is 0.598. The Bertz CT molecular complexity index is 1780. The molecule has 1 N–H and O–H groups in total. The fourth-order valence-electron chi connectivity index (χ4n) is 4.94. The van der Waals surface area contributed by atoms with Crippen LogP contribution >= 0.6 is 0 Å². The van der Waals surface area contributed by atoms with Crippen LogP contribution in [0.3, 0.4) is 0 Å². The molecule has 0 aliphatic carbocycles. The van der Waals surface area contributed by atoms with Gasteiger partial charge in [-0.25, -0.2) is 13.4 Å². The average Bonchev–Trinajstić information content (AvgIpc) is 3.33. The summed E-state index contributed by atoms with van der Waals surface area (Å²) >= 11 is 0. The van der Waals surface area contributed by atoms with E-state index in [-0.39, 0.29) is 5.88 Å². The van der Waals surface area contributed by atoms with Gasteiger partial charge in [-0.05, 0) is 65.9 Å². The van der Waals surface area contributed by atoms with Crippen LogP contribution in [0.4, 0.5) is 5.69 Å². The van der Waals surface area contributed by atoms with Crippen molar-refractivity contribution in [2.45, 2.75) is 44.6 Å². The molecule has 0 unspecified atom stereocenters. The van der Waals surface area contributed by atoms with Crippen molar-refractivity contribution in [1.82, 2.24) is 9.55 Å². The Hall–Kier alpha value is -4.41. The minimum atomic E-state index is -3.48. The molecule has 40 heavy (non-hydrogen) atoms. The van der Waals surface area contributed by atoms with Gasteiger partial charge in [-0.2, -0.15) is 5.26 Å². The Labute approximate surface area is 235 Å². The third kappa shape index (κ3) is 5.78. The number of nitrogens with zero attached hydrogens (tertiary/aromatic N) is 3. The molecule has 0 atom stereocenters. The van der Waals surface area contributed by atoms with Crippen LogP contribution in [0.2, 0.25) is 0 Å². The number of nitrogens with one attached hydrogen (secondary N) is 1. The first-order valence-electron chi connectivity index (χ1n) is 13.5. The third-order valence-electron chi connectivity index (χ3n) is 7.10. The number of unbranched alkanes of at least 4 members (excludes halogenated alkanes) is 1. The van der Waals surface area contributed by atoms with Gasteiger partial charge in [0, 0.05) is 18.7 Å². The van der Waals surface area contributed by atoms with Crippen LogP contribution in [-0.2, 0) is 22.8 Å². The molecule has 0 fully saturated rings. The Balaban J connectivity index is 1.46. The Morgan fingerprint density at radius 2 is 1.68 bits per heavy atom. The summed E-state index contributed by atoms with van der Waals surface area (Å²) in [5, 5.41) is 12.6. The molecule has 5 rings (SSSR count). The standard InChI is InChI=1S/C33H32N4O2S/c1-3-4-14-32-36-33-24(2)19-28(35-23-40(38,39)29-11-6-5-7-12-29)20-31(33)37(32)22-25-15-17-26(18-16-25)30-13-9-8-10-27(30)21-34/h5-13,15-20,35H,3-4,14,22-23H2,1-2H3. The third-order valence-corrected chi connectivity index (χ3v) is 8.61. The van der Waals surface area contributed by atoms with Crippen LogP contribution in [-0.4, -0.2) is 23.8 Å². The molecule has 0 radical (unpaired) electrons. The smallest absolute Gasteiger partial charge is 0.196 e. The zero-order valence-corrected chi connectivity index (χ0v) is 23.6. The first-order valence-corrected chi connectivity index (χ1v) is 15.1. The molecule has 1 aromatic heterocycles. The van der Waals surface area contributed by atoms with Crippen LogP contribution in [0.5, 0.6) is 0 Å². The molecule has 0 bridgehead atoms. The molecule has 0 saturated heterocycles. The van der Waals surface area contributed by atoms with E-state index in [0.29, 0.717) is 17.0 Å². The van der Waals surface area contributed by atoms with Gasteiger partial charge in [-0.3, -0.25) is 0 Å². The molecule has 6 nitrogen and oxygen atoms in total. The van der Waals surface area contributed by atoms with E-state index in [0.717, 1.165) is 64.1 Å². The normalized spacial score (nSPS) is 11.4. The van der Waals surface area contributed by atoms with Gasteiger partial charge in [0.15, 0.2) is 9.84 Å². The lowest BCUT2D eigenvalue weighted by atomic mass is 9.99. The Morgan fingerprint density at radius 3 is 2.40 bits per heavy atom. The van der Waals surface area contributed by atoms with Crippen LogP contribution in [0.1, 0.15) is 42.3 Å². The lowest BCUT2D eigenvalue weighted by Crippen LogP contribution is -2.15. The summed E-state index contributed by atoms with van der Waals surface area (Å²) < 4.78 is 28.0. The molecule has 0 aliphatic heterocycles. The molecule has 7 heteroatoms. The average molecular weight is 549 g/mol. The van der Waals surface area contributed by atoms with Crippen LogP contribution < -0.4 is 5.32 Å². The maximum Gasteiger partial charge on any atom is 0.196 e. The van der Waals surface area contributed by atoms with Crippen molar-refractivity contribution < 1.29 is 8.42 Å². The minimum Gasteiger partial charge on any atom is -0.371 e. The van der Waals surface area contributed by atoms with E-state index in [1.54, 1.807) is 30.3 Å². The highest BCUT2D eigenvalue weighted by atomic mass is 32.2. The van der Waals surface area contributed by atoms with Gasteiger partial charge < -0.3 is 9.88 Å². The van der Waals surface area contributed by atoms with Crippen molar-refractivity contribution in [2.75, 3.05) is 11.2 Å². The predicted octanol–water partition coefficient (Wildman–Crippen LogP) is 7.12. The fraction of sp³-hybridized carbons (Fsp3) is 0.212. The highest BCUT2D eigenvalue weighted by Gasteiger charge is 2.17. The zero-order valence-electron chi connectivity index (χ0n) is 22.8. The quantitative estimate of drug-likeness (QED) is 0.201. The van der Waals surface area contributed by atoms with Crippen LogP contribution in [0.15, 0.2) is 95.9 Å². The Kier molecular flexibility index (Phi) is 7.99. The summed E-state index contributed by atoms with van der Waals surface area (Å²) in [4.78, 5) is 5.31. The second kappa shape index (κ2) is 11.8. The number of sulfone groups is 1. The van der Waals surface area contributed by atoms with Crippen LogP contribution in [0, 0.1) is 18.3 Å². The maximum absolute atomic E-state index is 12.9. The van der Waals surface area contributed by atoms with Crippen LogP contribution in [0.25, 0.3) is 22.2 Å². The fourth-order valence-corrected chi connectivity index (χ4v) is 6.03. The number of aromatic nitrogens is 2. The molecule has 0 saturated carbocycles. The molecule has 202 valence electrons. The van der Waals surface area contributed by atoms with Crippen molar-refractivity contribution in [3.8, 4) is 17.2 Å². The number of nitriles is 1. The molecule has 1 heterocycles. The number of aryl methyl sites for hydroxylation is 2. The monoisotopic (exact) mass is 548 g/mol. The molecule has 4 aromatic carbocycles. The summed E-state index contributed by atoms with van der Waals surface area (Å²) in [5.41, 5.74) is 7.36. The van der Waals surface area contributed by atoms with E-state index < -0.39 is 9.84 Å². The van der Waals surface area contributed by atoms with Crippen molar-refractivity contribution in [3.63, 3.8) is 0 Å². The van der Waals surface area contributed by atoms with Gasteiger partial charge >= 0.3 is 0 Å². The van der Waals surface area contributed by atoms with E-state index in [2.05, 4.69) is 47.1 Å². The number of hydrogen-bond donors (Lipinski definition) is 1. The maximum atomic E-state index is 12.9. The van der Waals surface area contributed by atoms with Gasteiger partial charge in [0.1, 0.15) is 11.7 Å². The van der Waals surface area contributed by atoms with E-state index in [1.807, 2.05) is 43.3 Å². The number of rotatable bonds is 10. The highest BCUT2D eigenvalue weighted by molar-refractivity contribution is 7.91. The summed E-state index contributed by atoms with van der Waals surface area (Å²) in [6, 6.07) is 30.7. The summed E-state index contributed by atoms with van der Waals surface area (Å²) in [6.07, 6.45) is 2.97. The molecular formula is C33H32N4O2S. The largest absolute Gasteiger partial charge is 0.371 e. The SMILES string of the molecule is CCCCc1nc2c(C)cc(NCS(=O)(=O)c3ccccc3)cc2n1Cc1ccc(-c2ccccc2C#N)cc1. The molecule has 0 amide bonds. The number of anilines is 1. The summed E-state index contributed by atoms with van der Waals surface area (Å²) in [6.45, 7) is 4.83. The summed E-state index contributed by atoms with van der Waals surface area (Å²) in [7, 11) is -3.48. The van der Waals surface area contributed by atoms with Gasteiger partial charge in [-0.1, -0.05) is 74.0 Å². The van der Waals surface area contributed by atoms with Crippen molar-refractivity contribution in [1.29, 1.82) is 5.26 Å². The van der Waals surface area contributed by atoms with Gasteiger partial charge in [0.25, 0.3) is 0 Å². The second-order valence-electron chi connectivity index (χ2n) is 9.98. The first kappa shape index (κ1) is 27.2. The molecule has 5 aromatic rings. The van der Waals surface area contributed by atoms with Crippen molar-refractivity contribution in [2.24, 2.45) is 0 Å². The van der Waals surface area contributed by atoms with E-state index in [4.69, 9.17) is 4.98 Å². The zero-order chi connectivity index (χ0) is 28.1. The number of imidazole rings is 1. The second-order valence-corrected chi connectivity index (χ2v) is 12.0. The minimum absolute atomic E-state index is 0.190. The van der Waals surface area contributed by atoms with Gasteiger partial charge in [0.2, 0.25) is 0 Å². The first-order chi connectivity index (χ1) is 19.4. The van der Waals surface area contributed by atoms with E-state index in [9.17, 15) is 13.7 Å². The van der Waals surface area contributed by atoms with Crippen molar-refractivity contribution >= 4 is 26.6 Å². The van der Waals surface area contributed by atoms with E-state index >= 15 is 0 Å². The van der Waals surface area contributed by atoms with Gasteiger partial charge in [-0.15, -0.1) is 0 Å². The molecule has 0 spiro atoms. The highest BCUT2D eigenvalue weighted by Crippen LogP contribution is 2.28.